The molecule has 0 aliphatic heterocycles. The predicted molar refractivity (Wildman–Crippen MR) is 97.7 cm³/mol. The van der Waals surface area contributed by atoms with Gasteiger partial charge in [-0.05, 0) is 53.6 Å². The van der Waals surface area contributed by atoms with Gasteiger partial charge in [-0.25, -0.2) is 4.79 Å². The molecule has 3 rings (SSSR count). The van der Waals surface area contributed by atoms with Gasteiger partial charge in [0, 0.05) is 17.0 Å². The van der Waals surface area contributed by atoms with Gasteiger partial charge in [0.05, 0.1) is 0 Å². The van der Waals surface area contributed by atoms with Gasteiger partial charge in [0.1, 0.15) is 0 Å². The third-order valence-electron chi connectivity index (χ3n) is 4.67. The normalized spacial score (nSPS) is 19.4. The second kappa shape index (κ2) is 7.10. The quantitative estimate of drug-likeness (QED) is 0.831. The van der Waals surface area contributed by atoms with Crippen molar-refractivity contribution in [3.05, 3.63) is 76.3 Å². The fourth-order valence-electron chi connectivity index (χ4n) is 3.54. The second-order valence-corrected chi connectivity index (χ2v) is 6.63. The molecule has 0 spiro atoms. The summed E-state index contributed by atoms with van der Waals surface area (Å²) >= 11 is 6.11. The van der Waals surface area contributed by atoms with Gasteiger partial charge in [-0.2, -0.15) is 0 Å². The maximum atomic E-state index is 11.2. The minimum atomic E-state index is -0.973. The van der Waals surface area contributed by atoms with E-state index in [1.165, 1.54) is 11.1 Å². The first-order valence-electron chi connectivity index (χ1n) is 8.06. The zero-order chi connectivity index (χ0) is 17.1. The summed E-state index contributed by atoms with van der Waals surface area (Å²) in [4.78, 5) is 11.2. The summed E-state index contributed by atoms with van der Waals surface area (Å²) in [7, 11) is 0. The fourth-order valence-corrected chi connectivity index (χ4v) is 3.76. The summed E-state index contributed by atoms with van der Waals surface area (Å²) in [6, 6.07) is 14.0. The molecule has 124 valence electrons. The van der Waals surface area contributed by atoms with Crippen molar-refractivity contribution < 1.29 is 9.90 Å². The van der Waals surface area contributed by atoms with Crippen LogP contribution >= 0.6 is 11.6 Å². The van der Waals surface area contributed by atoms with Crippen LogP contribution in [0.2, 0.25) is 5.02 Å². The number of halogens is 1. The Morgan fingerprint density at radius 1 is 1.33 bits per heavy atom. The molecular weight excluding hydrogens is 322 g/mol. The monoisotopic (exact) mass is 341 g/mol. The van der Waals surface area contributed by atoms with E-state index in [1.807, 2.05) is 30.3 Å². The topological polar surface area (TPSA) is 49.3 Å². The molecule has 1 amide bonds. The van der Waals surface area contributed by atoms with E-state index in [1.54, 1.807) is 0 Å². The number of hydrogen-bond donors (Lipinski definition) is 2. The van der Waals surface area contributed by atoms with E-state index >= 15 is 0 Å². The lowest BCUT2D eigenvalue weighted by Gasteiger charge is -2.34. The summed E-state index contributed by atoms with van der Waals surface area (Å²) in [5.41, 5.74) is 4.66. The number of fused-ring (bicyclic) bond motifs is 1. The Bertz CT molecular complexity index is 772. The maximum absolute atomic E-state index is 11.2. The molecule has 2 N–H and O–H groups in total. The first kappa shape index (κ1) is 16.6. The lowest BCUT2D eigenvalue weighted by atomic mass is 9.75. The van der Waals surface area contributed by atoms with Gasteiger partial charge in [0.25, 0.3) is 0 Å². The Kier molecular flexibility index (Phi) is 4.91. The standard InChI is InChI=1S/C20H20ClNO2/c1-2-13-6-7-15-8-9-19(22-20(23)24)18(17(15)11-13)12-14-4-3-5-16(21)10-14/h2-7,10-11,18-19,22H,1,8-9,12H2,(H,23,24). The van der Waals surface area contributed by atoms with Crippen LogP contribution < -0.4 is 5.32 Å². The first-order chi connectivity index (χ1) is 11.6. The molecule has 3 nitrogen and oxygen atoms in total. The smallest absolute Gasteiger partial charge is 0.404 e. The average Bonchev–Trinajstić information content (AvgIpc) is 2.56. The Morgan fingerprint density at radius 2 is 2.17 bits per heavy atom. The largest absolute Gasteiger partial charge is 0.465 e. The molecular formula is C20H20ClNO2. The predicted octanol–water partition coefficient (Wildman–Crippen LogP) is 4.89. The molecule has 2 unspecified atom stereocenters. The van der Waals surface area contributed by atoms with Crippen molar-refractivity contribution in [3.8, 4) is 0 Å². The van der Waals surface area contributed by atoms with Crippen LogP contribution in [-0.4, -0.2) is 17.2 Å². The van der Waals surface area contributed by atoms with Crippen molar-refractivity contribution in [3.63, 3.8) is 0 Å². The summed E-state index contributed by atoms with van der Waals surface area (Å²) in [5, 5.41) is 12.6. The Morgan fingerprint density at radius 3 is 2.88 bits per heavy atom. The molecule has 0 fully saturated rings. The molecule has 2 aromatic carbocycles. The van der Waals surface area contributed by atoms with Crippen LogP contribution in [0.5, 0.6) is 0 Å². The van der Waals surface area contributed by atoms with E-state index in [2.05, 4.69) is 30.1 Å². The number of aryl methyl sites for hydroxylation is 1. The molecule has 2 atom stereocenters. The van der Waals surface area contributed by atoms with E-state index < -0.39 is 6.09 Å². The van der Waals surface area contributed by atoms with Crippen LogP contribution in [0.25, 0.3) is 6.08 Å². The number of carbonyl (C=O) groups is 1. The third-order valence-corrected chi connectivity index (χ3v) is 4.90. The van der Waals surface area contributed by atoms with Crippen LogP contribution in [-0.2, 0) is 12.8 Å². The molecule has 0 saturated carbocycles. The minimum absolute atomic E-state index is 0.0863. The molecule has 0 bridgehead atoms. The van der Waals surface area contributed by atoms with Crippen molar-refractivity contribution in [2.75, 3.05) is 0 Å². The second-order valence-electron chi connectivity index (χ2n) is 6.20. The van der Waals surface area contributed by atoms with Gasteiger partial charge in [-0.15, -0.1) is 0 Å². The van der Waals surface area contributed by atoms with Crippen molar-refractivity contribution in [2.45, 2.75) is 31.2 Å². The van der Waals surface area contributed by atoms with E-state index in [9.17, 15) is 9.90 Å². The Balaban J connectivity index is 1.99. The number of rotatable bonds is 4. The zero-order valence-electron chi connectivity index (χ0n) is 13.3. The Labute approximate surface area is 147 Å². The Hall–Kier alpha value is -2.26. The highest BCUT2D eigenvalue weighted by atomic mass is 35.5. The van der Waals surface area contributed by atoms with Gasteiger partial charge >= 0.3 is 6.09 Å². The lowest BCUT2D eigenvalue weighted by molar-refractivity contribution is 0.185. The molecule has 0 radical (unpaired) electrons. The van der Waals surface area contributed by atoms with Gasteiger partial charge in [-0.3, -0.25) is 0 Å². The molecule has 24 heavy (non-hydrogen) atoms. The molecule has 4 heteroatoms. The molecule has 0 aromatic heterocycles. The lowest BCUT2D eigenvalue weighted by Crippen LogP contribution is -2.42. The highest BCUT2D eigenvalue weighted by molar-refractivity contribution is 6.30. The number of hydrogen-bond acceptors (Lipinski definition) is 1. The van der Waals surface area contributed by atoms with Crippen LogP contribution in [0.4, 0.5) is 4.79 Å². The summed E-state index contributed by atoms with van der Waals surface area (Å²) < 4.78 is 0. The molecule has 0 saturated heterocycles. The van der Waals surface area contributed by atoms with Crippen LogP contribution in [0, 0.1) is 0 Å². The van der Waals surface area contributed by atoms with Crippen molar-refractivity contribution in [2.24, 2.45) is 0 Å². The average molecular weight is 342 g/mol. The number of carboxylic acid groups (broad SMARTS) is 1. The molecule has 1 aliphatic carbocycles. The highest BCUT2D eigenvalue weighted by Crippen LogP contribution is 2.35. The van der Waals surface area contributed by atoms with Crippen molar-refractivity contribution in [1.82, 2.24) is 5.32 Å². The molecule has 0 heterocycles. The van der Waals surface area contributed by atoms with Gasteiger partial charge in [0.2, 0.25) is 0 Å². The molecule has 2 aromatic rings. The van der Waals surface area contributed by atoms with E-state index in [0.29, 0.717) is 5.02 Å². The number of nitrogens with one attached hydrogen (secondary N) is 1. The minimum Gasteiger partial charge on any atom is -0.465 e. The van der Waals surface area contributed by atoms with Crippen LogP contribution in [0.15, 0.2) is 49.0 Å². The maximum Gasteiger partial charge on any atom is 0.404 e. The zero-order valence-corrected chi connectivity index (χ0v) is 14.1. The fraction of sp³-hybridized carbons (Fsp3) is 0.250. The first-order valence-corrected chi connectivity index (χ1v) is 8.44. The summed E-state index contributed by atoms with van der Waals surface area (Å²) in [6.45, 7) is 3.84. The molecule has 1 aliphatic rings. The summed E-state index contributed by atoms with van der Waals surface area (Å²) in [5.74, 6) is 0.0863. The van der Waals surface area contributed by atoms with Gasteiger partial charge in [0.15, 0.2) is 0 Å². The third kappa shape index (κ3) is 3.62. The SMILES string of the molecule is C=Cc1ccc2c(c1)C(Cc1cccc(Cl)c1)C(NC(=O)O)CC2. The van der Waals surface area contributed by atoms with E-state index in [0.717, 1.165) is 30.4 Å². The number of amides is 1. The van der Waals surface area contributed by atoms with Crippen LogP contribution in [0.3, 0.4) is 0 Å². The van der Waals surface area contributed by atoms with Crippen LogP contribution in [0.1, 0.15) is 34.6 Å². The van der Waals surface area contributed by atoms with Gasteiger partial charge in [-0.1, -0.05) is 54.6 Å². The van der Waals surface area contributed by atoms with E-state index in [-0.39, 0.29) is 12.0 Å². The van der Waals surface area contributed by atoms with Crippen molar-refractivity contribution in [1.29, 1.82) is 0 Å². The van der Waals surface area contributed by atoms with Gasteiger partial charge < -0.3 is 10.4 Å². The van der Waals surface area contributed by atoms with Crippen molar-refractivity contribution >= 4 is 23.8 Å². The highest BCUT2D eigenvalue weighted by Gasteiger charge is 2.31. The number of benzene rings is 2. The summed E-state index contributed by atoms with van der Waals surface area (Å²) in [6.07, 6.45) is 3.28. The van der Waals surface area contributed by atoms with E-state index in [4.69, 9.17) is 11.6 Å².